The van der Waals surface area contributed by atoms with E-state index in [1.807, 2.05) is 104 Å². The molecular weight excluding hydrogens is 665 g/mol. The lowest BCUT2D eigenvalue weighted by atomic mass is 10.0. The van der Waals surface area contributed by atoms with Crippen molar-refractivity contribution in [3.8, 4) is 56.2 Å². The fraction of sp³-hybridized carbons (Fsp3) is 0.0233. The van der Waals surface area contributed by atoms with E-state index in [2.05, 4.69) is 6.58 Å². The van der Waals surface area contributed by atoms with Gasteiger partial charge >= 0.3 is 0 Å². The van der Waals surface area contributed by atoms with Crippen LogP contribution < -0.4 is 0 Å². The van der Waals surface area contributed by atoms with Gasteiger partial charge in [-0.25, -0.2) is 19.9 Å². The van der Waals surface area contributed by atoms with Crippen LogP contribution >= 0.6 is 0 Å². The fourth-order valence-corrected chi connectivity index (χ4v) is 5.95. The second-order valence-corrected chi connectivity index (χ2v) is 12.0. The molecule has 0 aliphatic rings. The Balaban J connectivity index is 0.00000140. The molecule has 8 rings (SSSR count). The number of benzene rings is 6. The van der Waals surface area contributed by atoms with Crippen molar-refractivity contribution in [2.75, 3.05) is 0 Å². The molecule has 0 spiro atoms. The highest BCUT2D eigenvalue weighted by Crippen LogP contribution is 2.35. The Hall–Kier alpha value is -7.46. The third-order valence-corrected chi connectivity index (χ3v) is 8.46. The number of hydrogen-bond acceptors (Lipinski definition) is 8. The number of allylic oxidation sites excluding steroid dienone is 1. The summed E-state index contributed by atoms with van der Waals surface area (Å²) in [5.74, 6) is 0. The Kier molecular flexibility index (Phi) is 9.50. The van der Waals surface area contributed by atoms with Gasteiger partial charge in [-0.1, -0.05) is 78.9 Å². The van der Waals surface area contributed by atoms with Crippen molar-refractivity contribution >= 4 is 33.4 Å². The zero-order valence-corrected chi connectivity index (χ0v) is 28.5. The van der Waals surface area contributed by atoms with E-state index < -0.39 is 9.85 Å². The summed E-state index contributed by atoms with van der Waals surface area (Å²) >= 11 is 0. The molecule has 0 saturated heterocycles. The molecule has 0 aliphatic carbocycles. The minimum absolute atomic E-state index is 0.000680. The van der Waals surface area contributed by atoms with E-state index >= 15 is 0 Å². The molecule has 0 unspecified atom stereocenters. The Morgan fingerprint density at radius 3 is 1.04 bits per heavy atom. The molecule has 10 nitrogen and oxygen atoms in total. The number of rotatable bonds is 7. The lowest BCUT2D eigenvalue weighted by molar-refractivity contribution is -0.385. The van der Waals surface area contributed by atoms with Crippen LogP contribution in [0.5, 0.6) is 0 Å². The summed E-state index contributed by atoms with van der Waals surface area (Å²) in [6, 6.07) is 43.9. The summed E-state index contributed by atoms with van der Waals surface area (Å²) in [6.45, 7) is 5.25. The third kappa shape index (κ3) is 7.10. The maximum atomic E-state index is 11.3. The number of hydrogen-bond donors (Lipinski definition) is 0. The van der Waals surface area contributed by atoms with E-state index in [0.29, 0.717) is 50.4 Å². The molecule has 256 valence electrons. The molecule has 0 saturated carbocycles. The molecule has 6 aromatic carbocycles. The van der Waals surface area contributed by atoms with Gasteiger partial charge in [0.05, 0.1) is 54.7 Å². The smallest absolute Gasteiger partial charge is 0.258 e. The maximum Gasteiger partial charge on any atom is 0.269 e. The number of nitro groups is 2. The first-order valence-corrected chi connectivity index (χ1v) is 16.6. The van der Waals surface area contributed by atoms with Crippen LogP contribution in [0.15, 0.2) is 158 Å². The highest BCUT2D eigenvalue weighted by Gasteiger charge is 2.18. The van der Waals surface area contributed by atoms with Gasteiger partial charge in [0.1, 0.15) is 0 Å². The van der Waals surface area contributed by atoms with Crippen molar-refractivity contribution in [1.82, 2.24) is 19.9 Å². The van der Waals surface area contributed by atoms with Crippen LogP contribution in [0.3, 0.4) is 0 Å². The van der Waals surface area contributed by atoms with Gasteiger partial charge in [-0.3, -0.25) is 20.2 Å². The van der Waals surface area contributed by atoms with E-state index in [4.69, 9.17) is 19.9 Å². The minimum atomic E-state index is -0.424. The molecule has 0 bridgehead atoms. The number of non-ortho nitro benzene ring substituents is 2. The standard InChI is InChI=1S/C40H24N6O4.C3H6/c47-45(48)31-17-11-27(12-18-31)39-38(26-9-5-2-6-10-26)43-35-23-29(16-22-34(35)42-39)30-15-21-33-36(24-30)44-40(28-13-19-32(20-14-28)46(49)50)37(41-33)25-7-3-1-4-8-25;1-3-2/h1-24H;3H,1H2,2H3. The van der Waals surface area contributed by atoms with Crippen LogP contribution in [0, 0.1) is 20.2 Å². The summed E-state index contributed by atoms with van der Waals surface area (Å²) in [5, 5.41) is 22.6. The Labute approximate surface area is 304 Å². The van der Waals surface area contributed by atoms with E-state index in [1.165, 1.54) is 24.3 Å². The van der Waals surface area contributed by atoms with Crippen LogP contribution in [-0.2, 0) is 0 Å². The first-order chi connectivity index (χ1) is 25.8. The quantitative estimate of drug-likeness (QED) is 0.0912. The van der Waals surface area contributed by atoms with Gasteiger partial charge in [0, 0.05) is 46.5 Å². The lowest BCUT2D eigenvalue weighted by Gasteiger charge is -2.13. The molecule has 2 heterocycles. The van der Waals surface area contributed by atoms with Crippen LogP contribution in [0.25, 0.3) is 78.2 Å². The first-order valence-electron chi connectivity index (χ1n) is 16.6. The number of nitrogens with zero attached hydrogens (tertiary/aromatic N) is 6. The second kappa shape index (κ2) is 14.8. The first kappa shape index (κ1) is 34.0. The number of nitro benzene ring substituents is 2. The molecule has 0 amide bonds. The average Bonchev–Trinajstić information content (AvgIpc) is 3.20. The van der Waals surface area contributed by atoms with Crippen molar-refractivity contribution in [2.45, 2.75) is 6.92 Å². The molecule has 0 N–H and O–H groups in total. The monoisotopic (exact) mass is 694 g/mol. The molecule has 0 radical (unpaired) electrons. The van der Waals surface area contributed by atoms with Gasteiger partial charge in [0.15, 0.2) is 0 Å². The van der Waals surface area contributed by atoms with Crippen LogP contribution in [0.2, 0.25) is 0 Å². The highest BCUT2D eigenvalue weighted by atomic mass is 16.6. The normalized spacial score (nSPS) is 10.7. The van der Waals surface area contributed by atoms with E-state index in [0.717, 1.165) is 27.8 Å². The van der Waals surface area contributed by atoms with Crippen molar-refractivity contribution in [3.05, 3.63) is 178 Å². The van der Waals surface area contributed by atoms with Crippen molar-refractivity contribution < 1.29 is 9.85 Å². The fourth-order valence-electron chi connectivity index (χ4n) is 5.95. The topological polar surface area (TPSA) is 138 Å². The minimum Gasteiger partial charge on any atom is -0.258 e. The molecule has 0 atom stereocenters. The molecule has 2 aromatic heterocycles. The van der Waals surface area contributed by atoms with Crippen molar-refractivity contribution in [2.24, 2.45) is 0 Å². The van der Waals surface area contributed by atoms with Crippen LogP contribution in [-0.4, -0.2) is 29.8 Å². The highest BCUT2D eigenvalue weighted by molar-refractivity contribution is 5.92. The van der Waals surface area contributed by atoms with Gasteiger partial charge in [0.25, 0.3) is 11.4 Å². The van der Waals surface area contributed by atoms with Gasteiger partial charge in [0.2, 0.25) is 0 Å². The second-order valence-electron chi connectivity index (χ2n) is 12.0. The summed E-state index contributed by atoms with van der Waals surface area (Å²) in [6.07, 6.45) is 1.75. The summed E-state index contributed by atoms with van der Waals surface area (Å²) < 4.78 is 0. The Bertz CT molecular complexity index is 2630. The Morgan fingerprint density at radius 2 is 0.717 bits per heavy atom. The zero-order chi connectivity index (χ0) is 36.9. The molecule has 0 aliphatic heterocycles. The van der Waals surface area contributed by atoms with Gasteiger partial charge < -0.3 is 0 Å². The predicted molar refractivity (Wildman–Crippen MR) is 209 cm³/mol. The molecule has 53 heavy (non-hydrogen) atoms. The van der Waals surface area contributed by atoms with Gasteiger partial charge in [-0.2, -0.15) is 0 Å². The number of fused-ring (bicyclic) bond motifs is 2. The molecule has 8 aromatic rings. The Morgan fingerprint density at radius 1 is 0.434 bits per heavy atom. The predicted octanol–water partition coefficient (Wildman–Crippen LogP) is 10.9. The van der Waals surface area contributed by atoms with Crippen LogP contribution in [0.1, 0.15) is 6.92 Å². The van der Waals surface area contributed by atoms with Gasteiger partial charge in [-0.05, 0) is 66.6 Å². The van der Waals surface area contributed by atoms with E-state index in [1.54, 1.807) is 30.3 Å². The van der Waals surface area contributed by atoms with E-state index in [9.17, 15) is 20.2 Å². The molecule has 0 fully saturated rings. The lowest BCUT2D eigenvalue weighted by Crippen LogP contribution is -1.97. The zero-order valence-electron chi connectivity index (χ0n) is 28.5. The summed E-state index contributed by atoms with van der Waals surface area (Å²) in [5.41, 5.74) is 10.3. The molecule has 10 heteroatoms. The summed E-state index contributed by atoms with van der Waals surface area (Å²) in [4.78, 5) is 41.9. The average molecular weight is 695 g/mol. The van der Waals surface area contributed by atoms with Crippen LogP contribution in [0.4, 0.5) is 11.4 Å². The van der Waals surface area contributed by atoms with E-state index in [-0.39, 0.29) is 11.4 Å². The number of aromatic nitrogens is 4. The molecular formula is C43H30N6O4. The summed E-state index contributed by atoms with van der Waals surface area (Å²) in [7, 11) is 0. The van der Waals surface area contributed by atoms with Crippen molar-refractivity contribution in [3.63, 3.8) is 0 Å². The largest absolute Gasteiger partial charge is 0.269 e. The third-order valence-electron chi connectivity index (χ3n) is 8.46. The maximum absolute atomic E-state index is 11.3. The SMILES string of the molecule is C=CC.O=[N+]([O-])c1ccc(-c2nc3ccc(-c4ccc5nc(-c6ccccc6)c(-c6ccc([N+](=O)[O-])cc6)nc5c4)cc3nc2-c2ccccc2)cc1. The van der Waals surface area contributed by atoms with Crippen molar-refractivity contribution in [1.29, 1.82) is 0 Å². The van der Waals surface area contributed by atoms with Gasteiger partial charge in [-0.15, -0.1) is 6.58 Å².